The minimum Gasteiger partial charge on any atom is -0.454 e. The normalized spacial score (nSPS) is 12.4. The van der Waals surface area contributed by atoms with Crippen LogP contribution in [0.1, 0.15) is 36.1 Å². The molecule has 0 spiro atoms. The molecule has 3 aromatic carbocycles. The maximum absolute atomic E-state index is 12.3. The predicted octanol–water partition coefficient (Wildman–Crippen LogP) is 5.27. The molecule has 0 saturated heterocycles. The molecule has 0 bridgehead atoms. The summed E-state index contributed by atoms with van der Waals surface area (Å²) in [6.45, 7) is 1.80. The van der Waals surface area contributed by atoms with Crippen molar-refractivity contribution >= 4 is 5.97 Å². The average Bonchev–Trinajstić information content (AvgIpc) is 2.76. The van der Waals surface area contributed by atoms with Crippen molar-refractivity contribution in [1.82, 2.24) is 0 Å². The van der Waals surface area contributed by atoms with Crippen molar-refractivity contribution in [3.8, 4) is 0 Å². The van der Waals surface area contributed by atoms with E-state index in [0.717, 1.165) is 16.7 Å². The molecule has 0 fully saturated rings. The van der Waals surface area contributed by atoms with Crippen molar-refractivity contribution in [3.63, 3.8) is 0 Å². The number of rotatable bonds is 7. The number of carbonyl (C=O) groups excluding carboxylic acids is 1. The van der Waals surface area contributed by atoms with Gasteiger partial charge in [-0.1, -0.05) is 97.9 Å². The van der Waals surface area contributed by atoms with E-state index in [1.54, 1.807) is 14.0 Å². The van der Waals surface area contributed by atoms with Gasteiger partial charge in [-0.2, -0.15) is 0 Å². The fraction of sp³-hybridized carbons (Fsp3) is 0.208. The number of ether oxygens (including phenoxy) is 2. The van der Waals surface area contributed by atoms with Gasteiger partial charge in [-0.15, -0.1) is 0 Å². The monoisotopic (exact) mass is 360 g/mol. The largest absolute Gasteiger partial charge is 0.454 e. The highest BCUT2D eigenvalue weighted by molar-refractivity contribution is 5.69. The van der Waals surface area contributed by atoms with Gasteiger partial charge in [0.05, 0.1) is 0 Å². The zero-order valence-corrected chi connectivity index (χ0v) is 15.7. The molecule has 138 valence electrons. The summed E-state index contributed by atoms with van der Waals surface area (Å²) in [5, 5.41) is 0. The molecule has 3 rings (SSSR count). The Kier molecular flexibility index (Phi) is 6.05. The Morgan fingerprint density at radius 3 is 1.67 bits per heavy atom. The zero-order valence-electron chi connectivity index (χ0n) is 15.7. The molecule has 0 unspecified atom stereocenters. The summed E-state index contributed by atoms with van der Waals surface area (Å²) in [4.78, 5) is 12.3. The van der Waals surface area contributed by atoms with Crippen LogP contribution in [0.4, 0.5) is 0 Å². The molecule has 3 heteroatoms. The number of esters is 1. The van der Waals surface area contributed by atoms with E-state index in [1.807, 2.05) is 91.0 Å². The predicted molar refractivity (Wildman–Crippen MR) is 106 cm³/mol. The van der Waals surface area contributed by atoms with Crippen molar-refractivity contribution < 1.29 is 14.3 Å². The lowest BCUT2D eigenvalue weighted by atomic mass is 9.78. The maximum atomic E-state index is 12.3. The Morgan fingerprint density at radius 1 is 0.815 bits per heavy atom. The minimum atomic E-state index is -0.964. The van der Waals surface area contributed by atoms with Crippen molar-refractivity contribution in [2.45, 2.75) is 25.0 Å². The lowest BCUT2D eigenvalue weighted by Gasteiger charge is -2.40. The maximum Gasteiger partial charge on any atom is 0.306 e. The molecule has 3 aromatic rings. The van der Waals surface area contributed by atoms with Gasteiger partial charge in [-0.05, 0) is 16.7 Å². The quantitative estimate of drug-likeness (QED) is 0.538. The van der Waals surface area contributed by atoms with Crippen LogP contribution < -0.4 is 0 Å². The van der Waals surface area contributed by atoms with E-state index in [2.05, 4.69) is 0 Å². The number of carbonyl (C=O) groups is 1. The van der Waals surface area contributed by atoms with Crippen LogP contribution in [0.15, 0.2) is 91.0 Å². The van der Waals surface area contributed by atoms with Crippen LogP contribution in [0.5, 0.6) is 0 Å². The summed E-state index contributed by atoms with van der Waals surface area (Å²) in [6.07, 6.45) is -0.326. The second-order valence-electron chi connectivity index (χ2n) is 6.31. The topological polar surface area (TPSA) is 35.5 Å². The smallest absolute Gasteiger partial charge is 0.306 e. The molecule has 0 amide bonds. The van der Waals surface area contributed by atoms with E-state index in [-0.39, 0.29) is 5.97 Å². The average molecular weight is 360 g/mol. The zero-order chi connectivity index (χ0) is 19.1. The third kappa shape index (κ3) is 3.79. The Labute approximate surface area is 160 Å². The molecular formula is C24H24O3. The molecule has 0 aromatic heterocycles. The first-order valence-corrected chi connectivity index (χ1v) is 9.13. The standard InChI is InChI=1S/C24H24O3/c1-3-22(25)27-23(19-13-7-4-8-14-19)24(26-2,20-15-9-5-10-16-20)21-17-11-6-12-18-21/h4-18,23H,3H2,1-2H3/t23-/m1/s1. The summed E-state index contributed by atoms with van der Waals surface area (Å²) in [6, 6.07) is 29.6. The van der Waals surface area contributed by atoms with Gasteiger partial charge in [0.25, 0.3) is 0 Å². The molecule has 0 N–H and O–H groups in total. The van der Waals surface area contributed by atoms with Gasteiger partial charge in [0.1, 0.15) is 0 Å². The van der Waals surface area contributed by atoms with Crippen LogP contribution in [0.2, 0.25) is 0 Å². The molecule has 0 radical (unpaired) electrons. The van der Waals surface area contributed by atoms with E-state index >= 15 is 0 Å². The van der Waals surface area contributed by atoms with Crippen molar-refractivity contribution in [2.24, 2.45) is 0 Å². The molecule has 0 heterocycles. The van der Waals surface area contributed by atoms with E-state index < -0.39 is 11.7 Å². The SMILES string of the molecule is CCC(=O)O[C@H](c1ccccc1)C(OC)(c1ccccc1)c1ccccc1. The Balaban J connectivity index is 2.27. The van der Waals surface area contributed by atoms with Crippen LogP contribution in [-0.2, 0) is 19.9 Å². The van der Waals surface area contributed by atoms with E-state index in [9.17, 15) is 4.79 Å². The van der Waals surface area contributed by atoms with E-state index in [4.69, 9.17) is 9.47 Å². The Morgan fingerprint density at radius 2 is 1.26 bits per heavy atom. The first-order valence-electron chi connectivity index (χ1n) is 9.13. The first kappa shape index (κ1) is 18.9. The summed E-state index contributed by atoms with van der Waals surface area (Å²) >= 11 is 0. The molecule has 27 heavy (non-hydrogen) atoms. The van der Waals surface area contributed by atoms with Crippen molar-refractivity contribution in [2.75, 3.05) is 7.11 Å². The van der Waals surface area contributed by atoms with E-state index in [0.29, 0.717) is 6.42 Å². The lowest BCUT2D eigenvalue weighted by molar-refractivity contribution is -0.166. The third-order valence-electron chi connectivity index (χ3n) is 4.74. The molecule has 0 aliphatic heterocycles. The van der Waals surface area contributed by atoms with Gasteiger partial charge in [0.15, 0.2) is 11.7 Å². The Bertz CT molecular complexity index is 805. The van der Waals surface area contributed by atoms with Crippen LogP contribution in [0.3, 0.4) is 0 Å². The van der Waals surface area contributed by atoms with Crippen LogP contribution in [-0.4, -0.2) is 13.1 Å². The van der Waals surface area contributed by atoms with Gasteiger partial charge in [0.2, 0.25) is 0 Å². The van der Waals surface area contributed by atoms with Gasteiger partial charge in [-0.3, -0.25) is 4.79 Å². The summed E-state index contributed by atoms with van der Waals surface area (Å²) in [5.41, 5.74) is 1.77. The summed E-state index contributed by atoms with van der Waals surface area (Å²) < 4.78 is 12.2. The second kappa shape index (κ2) is 8.65. The highest BCUT2D eigenvalue weighted by Crippen LogP contribution is 2.46. The summed E-state index contributed by atoms with van der Waals surface area (Å²) in [5.74, 6) is -0.267. The Hall–Kier alpha value is -2.91. The van der Waals surface area contributed by atoms with Gasteiger partial charge >= 0.3 is 5.97 Å². The molecule has 0 saturated carbocycles. The second-order valence-corrected chi connectivity index (χ2v) is 6.31. The number of methoxy groups -OCH3 is 1. The van der Waals surface area contributed by atoms with Gasteiger partial charge < -0.3 is 9.47 Å². The molecular weight excluding hydrogens is 336 g/mol. The molecule has 0 aliphatic carbocycles. The molecule has 3 nitrogen and oxygen atoms in total. The minimum absolute atomic E-state index is 0.267. The highest BCUT2D eigenvalue weighted by Gasteiger charge is 2.46. The number of hydrogen-bond donors (Lipinski definition) is 0. The van der Waals surface area contributed by atoms with E-state index in [1.165, 1.54) is 0 Å². The lowest BCUT2D eigenvalue weighted by Crippen LogP contribution is -2.39. The number of hydrogen-bond acceptors (Lipinski definition) is 3. The van der Waals surface area contributed by atoms with Gasteiger partial charge in [0, 0.05) is 13.5 Å². The molecule has 0 aliphatic rings. The molecule has 1 atom stereocenters. The van der Waals surface area contributed by atoms with Crippen LogP contribution in [0, 0.1) is 0 Å². The van der Waals surface area contributed by atoms with Crippen LogP contribution >= 0.6 is 0 Å². The summed E-state index contributed by atoms with van der Waals surface area (Å²) in [7, 11) is 1.66. The highest BCUT2D eigenvalue weighted by atomic mass is 16.6. The van der Waals surface area contributed by atoms with Crippen molar-refractivity contribution in [3.05, 3.63) is 108 Å². The fourth-order valence-corrected chi connectivity index (χ4v) is 3.41. The van der Waals surface area contributed by atoms with Crippen molar-refractivity contribution in [1.29, 1.82) is 0 Å². The van der Waals surface area contributed by atoms with Gasteiger partial charge in [-0.25, -0.2) is 0 Å². The first-order chi connectivity index (χ1) is 13.2. The van der Waals surface area contributed by atoms with Crippen LogP contribution in [0.25, 0.3) is 0 Å². The number of benzene rings is 3. The fourth-order valence-electron chi connectivity index (χ4n) is 3.41. The third-order valence-corrected chi connectivity index (χ3v) is 4.74.